The van der Waals surface area contributed by atoms with E-state index in [2.05, 4.69) is 19.7 Å². The van der Waals surface area contributed by atoms with Crippen molar-refractivity contribution in [1.29, 1.82) is 0 Å². The Morgan fingerprint density at radius 2 is 1.78 bits per heavy atom. The third kappa shape index (κ3) is 3.67. The van der Waals surface area contributed by atoms with Crippen LogP contribution in [0.1, 0.15) is 20.2 Å². The lowest BCUT2D eigenvalue weighted by molar-refractivity contribution is 0.0606. The highest BCUT2D eigenvalue weighted by Gasteiger charge is 2.08. The summed E-state index contributed by atoms with van der Waals surface area (Å²) < 4.78 is 4.65. The van der Waals surface area contributed by atoms with Crippen molar-refractivity contribution in [3.8, 4) is 11.4 Å². The molecule has 0 aliphatic carbocycles. The second-order valence-electron chi connectivity index (χ2n) is 4.59. The van der Waals surface area contributed by atoms with Crippen molar-refractivity contribution >= 4 is 29.5 Å². The average Bonchev–Trinajstić information content (AvgIpc) is 3.09. The minimum atomic E-state index is -0.377. The van der Waals surface area contributed by atoms with Gasteiger partial charge in [-0.05, 0) is 12.2 Å². The second kappa shape index (κ2) is 6.93. The predicted octanol–water partition coefficient (Wildman–Crippen LogP) is 3.56. The van der Waals surface area contributed by atoms with Crippen LogP contribution in [-0.2, 0) is 4.74 Å². The Morgan fingerprint density at radius 1 is 1.04 bits per heavy atom. The van der Waals surface area contributed by atoms with E-state index in [1.807, 2.05) is 42.5 Å². The fraction of sp³-hybridized carbons (Fsp3) is 0.0588. The summed E-state index contributed by atoms with van der Waals surface area (Å²) in [7, 11) is 1.35. The molecular formula is C17H13N3O2S. The van der Waals surface area contributed by atoms with Crippen LogP contribution in [0.2, 0.25) is 0 Å². The van der Waals surface area contributed by atoms with Gasteiger partial charge >= 0.3 is 5.97 Å². The highest BCUT2D eigenvalue weighted by atomic mass is 32.1. The third-order valence-electron chi connectivity index (χ3n) is 3.03. The number of carbonyl (C=O) groups is 1. The van der Waals surface area contributed by atoms with E-state index in [9.17, 15) is 4.79 Å². The summed E-state index contributed by atoms with van der Waals surface area (Å²) in [5.41, 5.74) is 1.84. The summed E-state index contributed by atoms with van der Waals surface area (Å²) in [4.78, 5) is 24.7. The summed E-state index contributed by atoms with van der Waals surface area (Å²) in [5.74, 6) is 0.308. The molecule has 2 heterocycles. The zero-order valence-electron chi connectivity index (χ0n) is 12.3. The lowest BCUT2D eigenvalue weighted by Gasteiger charge is -1.99. The maximum absolute atomic E-state index is 11.4. The number of thiazole rings is 1. The molecule has 0 atom stereocenters. The van der Waals surface area contributed by atoms with E-state index in [1.54, 1.807) is 12.4 Å². The van der Waals surface area contributed by atoms with Gasteiger partial charge in [0.05, 0.1) is 13.3 Å². The molecule has 2 aromatic heterocycles. The van der Waals surface area contributed by atoms with Crippen LogP contribution in [0.25, 0.3) is 23.5 Å². The van der Waals surface area contributed by atoms with Crippen molar-refractivity contribution in [3.05, 3.63) is 64.4 Å². The molecule has 0 bridgehead atoms. The number of rotatable bonds is 4. The normalized spacial score (nSPS) is 10.8. The van der Waals surface area contributed by atoms with Gasteiger partial charge in [0.2, 0.25) is 0 Å². The summed E-state index contributed by atoms with van der Waals surface area (Å²) in [6.07, 6.45) is 8.68. The van der Waals surface area contributed by atoms with Crippen molar-refractivity contribution in [2.45, 2.75) is 0 Å². The number of hydrogen-bond acceptors (Lipinski definition) is 6. The first-order chi connectivity index (χ1) is 11.3. The topological polar surface area (TPSA) is 65.0 Å². The van der Waals surface area contributed by atoms with E-state index in [0.29, 0.717) is 10.7 Å². The van der Waals surface area contributed by atoms with E-state index < -0.39 is 0 Å². The molecule has 3 rings (SSSR count). The maximum Gasteiger partial charge on any atom is 0.349 e. The van der Waals surface area contributed by atoms with E-state index in [0.717, 1.165) is 16.1 Å². The van der Waals surface area contributed by atoms with E-state index >= 15 is 0 Å². The molecule has 0 unspecified atom stereocenters. The molecule has 0 amide bonds. The molecule has 0 saturated carbocycles. The number of aromatic nitrogens is 3. The molecule has 114 valence electrons. The van der Waals surface area contributed by atoms with Gasteiger partial charge in [0.1, 0.15) is 9.88 Å². The zero-order chi connectivity index (χ0) is 16.1. The highest BCUT2D eigenvalue weighted by Crippen LogP contribution is 2.17. The highest BCUT2D eigenvalue weighted by molar-refractivity contribution is 7.14. The molecule has 0 saturated heterocycles. The van der Waals surface area contributed by atoms with Crippen LogP contribution in [0.3, 0.4) is 0 Å². The van der Waals surface area contributed by atoms with Crippen LogP contribution in [0.4, 0.5) is 0 Å². The molecule has 5 nitrogen and oxygen atoms in total. The van der Waals surface area contributed by atoms with E-state index in [-0.39, 0.29) is 5.97 Å². The van der Waals surface area contributed by atoms with Crippen LogP contribution >= 0.6 is 11.3 Å². The largest absolute Gasteiger partial charge is 0.465 e. The zero-order valence-corrected chi connectivity index (χ0v) is 13.2. The van der Waals surface area contributed by atoms with Gasteiger partial charge < -0.3 is 4.74 Å². The standard InChI is InChI=1S/C17H13N3O2S/c1-22-17(21)14-11-18-15(23-14)8-7-12-9-19-16(20-10-12)13-5-3-2-4-6-13/h2-11H,1H3/b8-7-. The number of nitrogens with zero attached hydrogens (tertiary/aromatic N) is 3. The van der Waals surface area contributed by atoms with Crippen molar-refractivity contribution in [2.24, 2.45) is 0 Å². The molecule has 0 aliphatic rings. The monoisotopic (exact) mass is 323 g/mol. The molecule has 23 heavy (non-hydrogen) atoms. The molecule has 0 N–H and O–H groups in total. The number of esters is 1. The lowest BCUT2D eigenvalue weighted by atomic mass is 10.2. The SMILES string of the molecule is COC(=O)c1cnc(/C=C\c2cnc(-c3ccccc3)nc2)s1. The van der Waals surface area contributed by atoms with Gasteiger partial charge in [-0.1, -0.05) is 30.3 Å². The smallest absolute Gasteiger partial charge is 0.349 e. The first kappa shape index (κ1) is 15.1. The minimum Gasteiger partial charge on any atom is -0.465 e. The van der Waals surface area contributed by atoms with E-state index in [4.69, 9.17) is 0 Å². The number of carbonyl (C=O) groups excluding carboxylic acids is 1. The molecule has 1 aromatic carbocycles. The van der Waals surface area contributed by atoms with Gasteiger partial charge in [0.25, 0.3) is 0 Å². The molecule has 0 aliphatic heterocycles. The van der Waals surface area contributed by atoms with Gasteiger partial charge in [0.15, 0.2) is 5.82 Å². The summed E-state index contributed by atoms with van der Waals surface area (Å²) in [5, 5.41) is 0.720. The Hall–Kier alpha value is -2.86. The second-order valence-corrected chi connectivity index (χ2v) is 5.66. The molecule has 0 fully saturated rings. The number of methoxy groups -OCH3 is 1. The van der Waals surface area contributed by atoms with Gasteiger partial charge in [-0.2, -0.15) is 0 Å². The fourth-order valence-corrected chi connectivity index (χ4v) is 2.63. The Kier molecular flexibility index (Phi) is 4.54. The van der Waals surface area contributed by atoms with Crippen LogP contribution in [0.5, 0.6) is 0 Å². The molecule has 0 spiro atoms. The Morgan fingerprint density at radius 3 is 2.48 bits per heavy atom. The van der Waals surface area contributed by atoms with Crippen molar-refractivity contribution in [2.75, 3.05) is 7.11 Å². The van der Waals surface area contributed by atoms with Crippen molar-refractivity contribution in [3.63, 3.8) is 0 Å². The molecule has 6 heteroatoms. The summed E-state index contributed by atoms with van der Waals surface area (Å²) >= 11 is 1.27. The van der Waals surface area contributed by atoms with Crippen LogP contribution in [0, 0.1) is 0 Å². The van der Waals surface area contributed by atoms with Gasteiger partial charge in [0, 0.05) is 23.5 Å². The van der Waals surface area contributed by atoms with Crippen molar-refractivity contribution < 1.29 is 9.53 Å². The first-order valence-electron chi connectivity index (χ1n) is 6.86. The average molecular weight is 323 g/mol. The third-order valence-corrected chi connectivity index (χ3v) is 3.97. The Bertz CT molecular complexity index is 827. The predicted molar refractivity (Wildman–Crippen MR) is 89.8 cm³/mol. The van der Waals surface area contributed by atoms with Crippen LogP contribution in [0.15, 0.2) is 48.9 Å². The minimum absolute atomic E-state index is 0.377. The van der Waals surface area contributed by atoms with Gasteiger partial charge in [-0.25, -0.2) is 19.7 Å². The van der Waals surface area contributed by atoms with Gasteiger partial charge in [-0.15, -0.1) is 11.3 Å². The Balaban J connectivity index is 1.73. The molecular weight excluding hydrogens is 310 g/mol. The van der Waals surface area contributed by atoms with Crippen LogP contribution in [-0.4, -0.2) is 28.0 Å². The molecule has 3 aromatic rings. The van der Waals surface area contributed by atoms with E-state index in [1.165, 1.54) is 24.6 Å². The van der Waals surface area contributed by atoms with Crippen LogP contribution < -0.4 is 0 Å². The first-order valence-corrected chi connectivity index (χ1v) is 7.67. The molecule has 0 radical (unpaired) electrons. The number of benzene rings is 1. The maximum atomic E-state index is 11.4. The lowest BCUT2D eigenvalue weighted by Crippen LogP contribution is -1.96. The Labute approximate surface area is 137 Å². The summed E-state index contributed by atoms with van der Waals surface area (Å²) in [6.45, 7) is 0. The summed E-state index contributed by atoms with van der Waals surface area (Å²) in [6, 6.07) is 9.79. The number of hydrogen-bond donors (Lipinski definition) is 0. The quantitative estimate of drug-likeness (QED) is 0.687. The van der Waals surface area contributed by atoms with Gasteiger partial charge in [-0.3, -0.25) is 0 Å². The number of ether oxygens (including phenoxy) is 1. The van der Waals surface area contributed by atoms with Crippen molar-refractivity contribution in [1.82, 2.24) is 15.0 Å². The fourth-order valence-electron chi connectivity index (χ4n) is 1.89.